The summed E-state index contributed by atoms with van der Waals surface area (Å²) in [7, 11) is 1.64. The fourth-order valence-corrected chi connectivity index (χ4v) is 6.65. The summed E-state index contributed by atoms with van der Waals surface area (Å²) in [5, 5.41) is 15.5. The number of aromatic nitrogens is 1. The number of carbonyl (C=O) groups is 1. The number of benzene rings is 1. The Morgan fingerprint density at radius 2 is 2.11 bits per heavy atom. The number of nitrogens with two attached hydrogens (primary N) is 1. The Morgan fingerprint density at radius 1 is 1.29 bits per heavy atom. The first-order chi connectivity index (χ1) is 13.3. The first-order valence-electron chi connectivity index (χ1n) is 9.54. The minimum atomic E-state index is -0.995. The van der Waals surface area contributed by atoms with E-state index in [1.54, 1.807) is 13.2 Å². The highest BCUT2D eigenvalue weighted by atomic mass is 16.5. The molecule has 1 saturated heterocycles. The van der Waals surface area contributed by atoms with Gasteiger partial charge in [-0.25, -0.2) is 0 Å². The third-order valence-corrected chi connectivity index (χ3v) is 7.80. The summed E-state index contributed by atoms with van der Waals surface area (Å²) in [6.07, 6.45) is 1.73. The van der Waals surface area contributed by atoms with Gasteiger partial charge in [-0.1, -0.05) is 6.07 Å². The zero-order valence-corrected chi connectivity index (χ0v) is 15.5. The van der Waals surface area contributed by atoms with Crippen LogP contribution in [0.5, 0.6) is 5.75 Å². The molecule has 0 radical (unpaired) electrons. The van der Waals surface area contributed by atoms with E-state index >= 15 is 0 Å². The molecule has 4 unspecified atom stereocenters. The van der Waals surface area contributed by atoms with E-state index in [2.05, 4.69) is 16.4 Å². The average molecular weight is 379 g/mol. The monoisotopic (exact) mass is 379 g/mol. The minimum Gasteiger partial charge on any atom is -0.497 e. The molecule has 1 amide bonds. The SMILES string of the molecule is COc1ccc2c(c1)C13Cc4[nH]c(=O)c(C(N)=O)cc4CC1(O)C1NCC21C3. The lowest BCUT2D eigenvalue weighted by atomic mass is 9.56. The van der Waals surface area contributed by atoms with Crippen molar-refractivity contribution in [1.82, 2.24) is 10.3 Å². The fraction of sp³-hybridized carbons (Fsp3) is 0.429. The van der Waals surface area contributed by atoms with E-state index in [1.807, 2.05) is 12.1 Å². The second kappa shape index (κ2) is 4.67. The number of H-pyrrole nitrogens is 1. The van der Waals surface area contributed by atoms with Crippen LogP contribution in [-0.2, 0) is 23.7 Å². The molecule has 1 aromatic carbocycles. The Kier molecular flexibility index (Phi) is 2.72. The lowest BCUT2D eigenvalue weighted by Crippen LogP contribution is -2.74. The molecule has 2 bridgehead atoms. The van der Waals surface area contributed by atoms with E-state index in [0.29, 0.717) is 12.8 Å². The largest absolute Gasteiger partial charge is 0.497 e. The number of carbonyl (C=O) groups excluding carboxylic acids is 1. The van der Waals surface area contributed by atoms with Crippen molar-refractivity contribution in [3.8, 4) is 5.75 Å². The summed E-state index contributed by atoms with van der Waals surface area (Å²) >= 11 is 0. The Labute approximate surface area is 160 Å². The maximum absolute atomic E-state index is 12.3. The molecule has 3 aliphatic carbocycles. The second-order valence-corrected chi connectivity index (χ2v) is 8.80. The quantitative estimate of drug-likeness (QED) is 0.580. The maximum atomic E-state index is 12.3. The molecule has 2 aromatic rings. The highest BCUT2D eigenvalue weighted by Crippen LogP contribution is 2.70. The highest BCUT2D eigenvalue weighted by Gasteiger charge is 2.78. The van der Waals surface area contributed by atoms with Crippen LogP contribution in [0.25, 0.3) is 0 Å². The van der Waals surface area contributed by atoms with Crippen molar-refractivity contribution in [3.63, 3.8) is 0 Å². The predicted molar refractivity (Wildman–Crippen MR) is 101 cm³/mol. The first kappa shape index (κ1) is 16.3. The third-order valence-electron chi connectivity index (χ3n) is 7.80. The number of aromatic amines is 1. The van der Waals surface area contributed by atoms with Crippen LogP contribution in [0, 0.1) is 0 Å². The van der Waals surface area contributed by atoms with Crippen LogP contribution in [0.3, 0.4) is 0 Å². The van der Waals surface area contributed by atoms with Crippen molar-refractivity contribution < 1.29 is 14.6 Å². The van der Waals surface area contributed by atoms with Gasteiger partial charge in [-0.2, -0.15) is 0 Å². The van der Waals surface area contributed by atoms with E-state index < -0.39 is 22.5 Å². The van der Waals surface area contributed by atoms with Gasteiger partial charge in [0.1, 0.15) is 11.3 Å². The van der Waals surface area contributed by atoms with Crippen LogP contribution in [0.4, 0.5) is 0 Å². The van der Waals surface area contributed by atoms with Gasteiger partial charge in [-0.15, -0.1) is 0 Å². The normalized spacial score (nSPS) is 36.0. The molecule has 4 atom stereocenters. The van der Waals surface area contributed by atoms with Gasteiger partial charge in [-0.3, -0.25) is 9.59 Å². The Bertz CT molecular complexity index is 1140. The molecule has 5 N–H and O–H groups in total. The fourth-order valence-electron chi connectivity index (χ4n) is 6.65. The zero-order valence-electron chi connectivity index (χ0n) is 15.5. The Hall–Kier alpha value is -2.64. The van der Waals surface area contributed by atoms with Crippen LogP contribution in [0.15, 0.2) is 29.1 Å². The molecule has 28 heavy (non-hydrogen) atoms. The van der Waals surface area contributed by atoms with Gasteiger partial charge in [0.2, 0.25) is 0 Å². The second-order valence-electron chi connectivity index (χ2n) is 8.80. The van der Waals surface area contributed by atoms with Crippen molar-refractivity contribution in [2.45, 2.75) is 41.7 Å². The molecule has 2 spiro atoms. The molecular formula is C21H21N3O4. The van der Waals surface area contributed by atoms with Gasteiger partial charge in [-0.05, 0) is 41.3 Å². The van der Waals surface area contributed by atoms with Crippen molar-refractivity contribution in [1.29, 1.82) is 0 Å². The molecular weight excluding hydrogens is 358 g/mol. The number of hydrogen-bond donors (Lipinski definition) is 4. The number of ether oxygens (including phenoxy) is 1. The number of nitrogens with one attached hydrogen (secondary N) is 2. The maximum Gasteiger partial charge on any atom is 0.261 e. The number of primary amides is 1. The van der Waals surface area contributed by atoms with Crippen molar-refractivity contribution in [2.75, 3.05) is 13.7 Å². The summed E-state index contributed by atoms with van der Waals surface area (Å²) in [5.41, 5.74) is 7.23. The lowest BCUT2D eigenvalue weighted by molar-refractivity contribution is -0.0717. The summed E-state index contributed by atoms with van der Waals surface area (Å²) in [6, 6.07) is 7.68. The molecule has 2 heterocycles. The van der Waals surface area contributed by atoms with Gasteiger partial charge < -0.3 is 25.9 Å². The summed E-state index contributed by atoms with van der Waals surface area (Å²) < 4.78 is 5.46. The zero-order chi connectivity index (χ0) is 19.5. The van der Waals surface area contributed by atoms with Crippen molar-refractivity contribution in [2.24, 2.45) is 5.73 Å². The molecule has 7 heteroatoms. The topological polar surface area (TPSA) is 117 Å². The number of hydrogen-bond acceptors (Lipinski definition) is 5. The van der Waals surface area contributed by atoms with Crippen LogP contribution in [0.1, 0.15) is 39.2 Å². The van der Waals surface area contributed by atoms with E-state index in [4.69, 9.17) is 10.5 Å². The highest BCUT2D eigenvalue weighted by molar-refractivity contribution is 5.92. The molecule has 4 aliphatic rings. The lowest BCUT2D eigenvalue weighted by Gasteiger charge is -2.57. The van der Waals surface area contributed by atoms with Crippen LogP contribution >= 0.6 is 0 Å². The Balaban J connectivity index is 1.60. The van der Waals surface area contributed by atoms with Crippen LogP contribution < -0.4 is 21.3 Å². The first-order valence-corrected chi connectivity index (χ1v) is 9.54. The molecule has 1 saturated carbocycles. The van der Waals surface area contributed by atoms with Gasteiger partial charge in [0, 0.05) is 42.0 Å². The van der Waals surface area contributed by atoms with Crippen LogP contribution in [-0.4, -0.2) is 41.3 Å². The van der Waals surface area contributed by atoms with Crippen molar-refractivity contribution in [3.05, 3.63) is 62.6 Å². The number of rotatable bonds is 2. The standard InChI is InChI=1S/C21H21N3O4/c1-28-11-2-3-13-14(5-11)20-7-15-10(4-12(16(22)25)17(26)24-15)6-21(20,27)18-19(13,8-20)9-23-18/h2-5,18,23,27H,6-9H2,1H3,(H2,22,25)(H,24,26). The number of methoxy groups -OCH3 is 1. The van der Waals surface area contributed by atoms with E-state index in [9.17, 15) is 14.7 Å². The summed E-state index contributed by atoms with van der Waals surface area (Å²) in [6.45, 7) is 0.834. The van der Waals surface area contributed by atoms with E-state index in [0.717, 1.165) is 35.5 Å². The van der Waals surface area contributed by atoms with Gasteiger partial charge in [0.05, 0.1) is 12.7 Å². The number of pyridine rings is 1. The molecule has 7 nitrogen and oxygen atoms in total. The summed E-state index contributed by atoms with van der Waals surface area (Å²) in [4.78, 5) is 26.8. The minimum absolute atomic E-state index is 0.0435. The Morgan fingerprint density at radius 3 is 2.79 bits per heavy atom. The molecule has 6 rings (SSSR count). The smallest absolute Gasteiger partial charge is 0.261 e. The molecule has 2 fully saturated rings. The van der Waals surface area contributed by atoms with Crippen molar-refractivity contribution >= 4 is 5.91 Å². The number of fused-ring (bicyclic) bond motifs is 3. The van der Waals surface area contributed by atoms with Gasteiger partial charge in [0.25, 0.3) is 11.5 Å². The predicted octanol–water partition coefficient (Wildman–Crippen LogP) is -0.123. The average Bonchev–Trinajstić information content (AvgIpc) is 3.01. The molecule has 144 valence electrons. The number of amides is 1. The summed E-state index contributed by atoms with van der Waals surface area (Å²) in [5.74, 6) is 0.0178. The molecule has 1 aliphatic heterocycles. The van der Waals surface area contributed by atoms with E-state index in [1.165, 1.54) is 5.56 Å². The van der Waals surface area contributed by atoms with E-state index in [-0.39, 0.29) is 17.0 Å². The van der Waals surface area contributed by atoms with Gasteiger partial charge >= 0.3 is 0 Å². The van der Waals surface area contributed by atoms with Gasteiger partial charge in [0.15, 0.2) is 0 Å². The molecule has 1 aromatic heterocycles. The van der Waals surface area contributed by atoms with Crippen LogP contribution in [0.2, 0.25) is 0 Å². The number of aliphatic hydroxyl groups is 1. The third kappa shape index (κ3) is 1.53.